The van der Waals surface area contributed by atoms with Crippen LogP contribution >= 0.6 is 34.5 Å². The fourth-order valence-corrected chi connectivity index (χ4v) is 6.92. The first-order valence-corrected chi connectivity index (χ1v) is 14.3. The highest BCUT2D eigenvalue weighted by atomic mass is 35.5. The normalized spacial score (nSPS) is 21.4. The van der Waals surface area contributed by atoms with Crippen molar-refractivity contribution in [3.8, 4) is 17.0 Å². The number of ether oxygens (including phenoxy) is 2. The van der Waals surface area contributed by atoms with Crippen LogP contribution in [0.2, 0.25) is 10.0 Å². The maximum Gasteiger partial charge on any atom is 0.335 e. The van der Waals surface area contributed by atoms with Gasteiger partial charge < -0.3 is 24.2 Å². The Hall–Kier alpha value is -2.69. The second-order valence-electron chi connectivity index (χ2n) is 10.1. The van der Waals surface area contributed by atoms with Gasteiger partial charge in [0.15, 0.2) is 0 Å². The van der Waals surface area contributed by atoms with E-state index < -0.39 is 11.6 Å². The van der Waals surface area contributed by atoms with Gasteiger partial charge in [0.25, 0.3) is 0 Å². The van der Waals surface area contributed by atoms with E-state index >= 15 is 0 Å². The van der Waals surface area contributed by atoms with Gasteiger partial charge in [0.2, 0.25) is 0 Å². The minimum Gasteiger partial charge on any atom is -0.494 e. The summed E-state index contributed by atoms with van der Waals surface area (Å²) in [6.07, 6.45) is 4.24. The van der Waals surface area contributed by atoms with Crippen LogP contribution in [0.25, 0.3) is 21.5 Å². The Labute approximate surface area is 238 Å². The van der Waals surface area contributed by atoms with Crippen LogP contribution in [0.4, 0.5) is 0 Å². The van der Waals surface area contributed by atoms with Crippen molar-refractivity contribution in [2.24, 2.45) is 0 Å². The van der Waals surface area contributed by atoms with Crippen LogP contribution in [0.3, 0.4) is 0 Å². The van der Waals surface area contributed by atoms with E-state index in [0.29, 0.717) is 80.5 Å². The lowest BCUT2D eigenvalue weighted by molar-refractivity contribution is -0.0640. The Morgan fingerprint density at radius 1 is 1.18 bits per heavy atom. The summed E-state index contributed by atoms with van der Waals surface area (Å²) < 4.78 is 18.1. The number of aromatic nitrogens is 2. The highest BCUT2D eigenvalue weighted by molar-refractivity contribution is 7.18. The number of halogens is 2. The number of nitrogens with zero attached hydrogens (tertiary/aromatic N) is 2. The predicted molar refractivity (Wildman–Crippen MR) is 148 cm³/mol. The third-order valence-corrected chi connectivity index (χ3v) is 9.34. The minimum absolute atomic E-state index is 0.0654. The summed E-state index contributed by atoms with van der Waals surface area (Å²) in [7, 11) is 1.48. The standard InChI is InChI=1S/C28H26Cl2N2O6S/c1-36-20-11-15(26(33)34)12-21-24(20)31-27(39-21)28(35)9-7-16(8-10-28)37-13-17-23(32-38-25(17)14-5-6-14)22-18(29)3-2-4-19(22)30/h2-4,11-12,14,16,35H,5-10,13H2,1H3,(H,33,34). The lowest BCUT2D eigenvalue weighted by atomic mass is 9.83. The average molecular weight is 589 g/mol. The molecule has 4 aromatic rings. The molecule has 2 aliphatic rings. The fraction of sp³-hybridized carbons (Fsp3) is 0.393. The molecular weight excluding hydrogens is 563 g/mol. The number of aliphatic hydroxyl groups is 1. The van der Waals surface area contributed by atoms with Crippen molar-refractivity contribution in [3.05, 3.63) is 62.3 Å². The summed E-state index contributed by atoms with van der Waals surface area (Å²) in [6.45, 7) is 0.311. The molecular formula is C28H26Cl2N2O6S. The SMILES string of the molecule is COc1cc(C(=O)O)cc2sc(C3(O)CCC(OCc4c(-c5c(Cl)cccc5Cl)noc4C4CC4)CC3)nc12. The van der Waals surface area contributed by atoms with E-state index in [1.165, 1.54) is 24.5 Å². The monoisotopic (exact) mass is 588 g/mol. The number of aromatic carboxylic acids is 1. The van der Waals surface area contributed by atoms with Crippen molar-refractivity contribution >= 4 is 50.7 Å². The van der Waals surface area contributed by atoms with Crippen molar-refractivity contribution in [3.63, 3.8) is 0 Å². The van der Waals surface area contributed by atoms with E-state index in [1.807, 2.05) is 0 Å². The van der Waals surface area contributed by atoms with E-state index in [1.54, 1.807) is 24.3 Å². The number of carboxylic acids is 1. The third-order valence-electron chi connectivity index (χ3n) is 7.51. The molecule has 2 fully saturated rings. The molecule has 11 heteroatoms. The molecule has 2 aromatic heterocycles. The van der Waals surface area contributed by atoms with Gasteiger partial charge in [-0.2, -0.15) is 0 Å². The zero-order valence-electron chi connectivity index (χ0n) is 21.1. The third kappa shape index (κ3) is 5.02. The second-order valence-corrected chi connectivity index (χ2v) is 12.0. The molecule has 6 rings (SSSR count). The van der Waals surface area contributed by atoms with Crippen molar-refractivity contribution in [1.29, 1.82) is 0 Å². The molecule has 2 aliphatic carbocycles. The van der Waals surface area contributed by atoms with E-state index in [4.69, 9.17) is 37.2 Å². The Bertz CT molecular complexity index is 1530. The maximum atomic E-state index is 11.5. The molecule has 0 unspecified atom stereocenters. The van der Waals surface area contributed by atoms with Gasteiger partial charge in [-0.3, -0.25) is 0 Å². The highest BCUT2D eigenvalue weighted by Gasteiger charge is 2.39. The number of thiazole rings is 1. The van der Waals surface area contributed by atoms with Gasteiger partial charge in [0.05, 0.1) is 40.1 Å². The van der Waals surface area contributed by atoms with Crippen LogP contribution in [0.15, 0.2) is 34.9 Å². The molecule has 2 aromatic carbocycles. The average Bonchev–Trinajstić information content (AvgIpc) is 3.52. The van der Waals surface area contributed by atoms with Crippen molar-refractivity contribution in [1.82, 2.24) is 10.1 Å². The van der Waals surface area contributed by atoms with Crippen LogP contribution in [-0.2, 0) is 16.9 Å². The number of hydrogen-bond acceptors (Lipinski definition) is 8. The molecule has 8 nitrogen and oxygen atoms in total. The fourth-order valence-electron chi connectivity index (χ4n) is 5.18. The second kappa shape index (κ2) is 10.4. The molecule has 204 valence electrons. The van der Waals surface area contributed by atoms with Crippen LogP contribution in [0.1, 0.15) is 71.1 Å². The van der Waals surface area contributed by atoms with Crippen molar-refractivity contribution in [2.75, 3.05) is 7.11 Å². The molecule has 0 spiro atoms. The van der Waals surface area contributed by atoms with Gasteiger partial charge in [0.1, 0.15) is 33.3 Å². The Morgan fingerprint density at radius 2 is 1.90 bits per heavy atom. The Kier molecular flexibility index (Phi) is 7.05. The number of hydrogen-bond donors (Lipinski definition) is 2. The number of fused-ring (bicyclic) bond motifs is 1. The summed E-state index contributed by atoms with van der Waals surface area (Å²) in [5.41, 5.74) is 1.69. The first-order chi connectivity index (χ1) is 18.8. The lowest BCUT2D eigenvalue weighted by Gasteiger charge is -2.34. The van der Waals surface area contributed by atoms with Crippen molar-refractivity contribution < 1.29 is 29.0 Å². The molecule has 0 amide bonds. The zero-order chi connectivity index (χ0) is 27.3. The number of carboxylic acid groups (broad SMARTS) is 1. The topological polar surface area (TPSA) is 115 Å². The number of rotatable bonds is 8. The lowest BCUT2D eigenvalue weighted by Crippen LogP contribution is -2.34. The molecule has 0 atom stereocenters. The van der Waals surface area contributed by atoms with Crippen LogP contribution in [0.5, 0.6) is 5.75 Å². The van der Waals surface area contributed by atoms with Gasteiger partial charge >= 0.3 is 5.97 Å². The maximum absolute atomic E-state index is 11.5. The van der Waals surface area contributed by atoms with E-state index in [0.717, 1.165) is 24.2 Å². The van der Waals surface area contributed by atoms with E-state index in [2.05, 4.69) is 10.1 Å². The summed E-state index contributed by atoms with van der Waals surface area (Å²) in [6, 6.07) is 8.37. The summed E-state index contributed by atoms with van der Waals surface area (Å²) in [4.78, 5) is 16.2. The first-order valence-electron chi connectivity index (χ1n) is 12.8. The summed E-state index contributed by atoms with van der Waals surface area (Å²) in [5, 5.41) is 26.8. The van der Waals surface area contributed by atoms with Crippen LogP contribution in [0, 0.1) is 0 Å². The highest BCUT2D eigenvalue weighted by Crippen LogP contribution is 2.47. The van der Waals surface area contributed by atoms with E-state index in [9.17, 15) is 15.0 Å². The molecule has 0 bridgehead atoms. The Balaban J connectivity index is 1.18. The summed E-state index contributed by atoms with van der Waals surface area (Å²) >= 11 is 14.2. The van der Waals surface area contributed by atoms with Crippen LogP contribution in [-0.4, -0.2) is 39.5 Å². The number of benzene rings is 2. The largest absolute Gasteiger partial charge is 0.494 e. The van der Waals surface area contributed by atoms with Gasteiger partial charge in [-0.05, 0) is 62.8 Å². The first kappa shape index (κ1) is 26.5. The smallest absolute Gasteiger partial charge is 0.335 e. The van der Waals surface area contributed by atoms with Gasteiger partial charge in [-0.25, -0.2) is 9.78 Å². The molecule has 0 saturated heterocycles. The minimum atomic E-state index is -1.12. The molecule has 2 saturated carbocycles. The van der Waals surface area contributed by atoms with Gasteiger partial charge in [-0.1, -0.05) is 34.4 Å². The van der Waals surface area contributed by atoms with Gasteiger partial charge in [0, 0.05) is 17.0 Å². The molecule has 39 heavy (non-hydrogen) atoms. The molecule has 2 N–H and O–H groups in total. The number of carbonyl (C=O) groups is 1. The van der Waals surface area contributed by atoms with Crippen LogP contribution < -0.4 is 4.74 Å². The quantitative estimate of drug-likeness (QED) is 0.222. The number of methoxy groups -OCH3 is 1. The zero-order valence-corrected chi connectivity index (χ0v) is 23.4. The van der Waals surface area contributed by atoms with Gasteiger partial charge in [-0.15, -0.1) is 11.3 Å². The molecule has 0 radical (unpaired) electrons. The van der Waals surface area contributed by atoms with Crippen molar-refractivity contribution in [2.45, 2.75) is 62.8 Å². The molecule has 2 heterocycles. The Morgan fingerprint density at radius 3 is 2.54 bits per heavy atom. The molecule has 0 aliphatic heterocycles. The predicted octanol–water partition coefficient (Wildman–Crippen LogP) is 7.19. The summed E-state index contributed by atoms with van der Waals surface area (Å²) in [5.74, 6) is 0.500. The van der Waals surface area contributed by atoms with E-state index in [-0.39, 0.29) is 11.7 Å².